The molecule has 0 aliphatic carbocycles. The lowest BCUT2D eigenvalue weighted by Gasteiger charge is -2.28. The molecule has 0 spiro atoms. The molecule has 2 atom stereocenters. The lowest BCUT2D eigenvalue weighted by Crippen LogP contribution is -2.45. The van der Waals surface area contributed by atoms with Crippen molar-refractivity contribution in [1.82, 2.24) is 10.2 Å². The second kappa shape index (κ2) is 5.81. The van der Waals surface area contributed by atoms with E-state index in [1.54, 1.807) is 31.3 Å². The number of amides is 1. The van der Waals surface area contributed by atoms with Gasteiger partial charge >= 0.3 is 0 Å². The summed E-state index contributed by atoms with van der Waals surface area (Å²) >= 11 is 7.55. The van der Waals surface area contributed by atoms with Gasteiger partial charge in [0.15, 0.2) is 5.54 Å². The van der Waals surface area contributed by atoms with Gasteiger partial charge in [-0.2, -0.15) is 0 Å². The minimum Gasteiger partial charge on any atom is -0.508 e. The predicted octanol–water partition coefficient (Wildman–Crippen LogP) is 2.81. The van der Waals surface area contributed by atoms with E-state index in [9.17, 15) is 14.3 Å². The van der Waals surface area contributed by atoms with Crippen LogP contribution in [0.5, 0.6) is 5.75 Å². The van der Waals surface area contributed by atoms with Crippen LogP contribution < -0.4 is 5.32 Å². The summed E-state index contributed by atoms with van der Waals surface area (Å²) in [5, 5.41) is 12.7. The smallest absolute Gasteiger partial charge is 0.253 e. The number of phenolic OH excluding ortho intramolecular Hbond substituents is 1. The van der Waals surface area contributed by atoms with Gasteiger partial charge in [0, 0.05) is 7.05 Å². The first kappa shape index (κ1) is 16.3. The van der Waals surface area contributed by atoms with Crippen molar-refractivity contribution in [3.63, 3.8) is 0 Å². The standard InChI is InChI=1S/C16H14BrFN2O2S/c1-20-14(22)16(19-15(20)23,9-2-5-11(21)6-3-9)10-4-7-13(18)12(17)8-10/h2-8,15,19,21,23H,1H3. The molecule has 2 N–H and O–H groups in total. The number of halogens is 2. The first-order valence-electron chi connectivity index (χ1n) is 6.84. The molecule has 7 heteroatoms. The SMILES string of the molecule is CN1C(=O)C(c2ccc(O)cc2)(c2ccc(F)c(Br)c2)NC1S. The molecule has 2 aromatic rings. The third kappa shape index (κ3) is 2.52. The second-order valence-corrected chi connectivity index (χ2v) is 6.70. The quantitative estimate of drug-likeness (QED) is 0.684. The van der Waals surface area contributed by atoms with Gasteiger partial charge in [-0.3, -0.25) is 10.1 Å². The van der Waals surface area contributed by atoms with Crippen LogP contribution in [0.3, 0.4) is 0 Å². The Bertz CT molecular complexity index is 771. The van der Waals surface area contributed by atoms with Crippen LogP contribution in [0, 0.1) is 5.82 Å². The van der Waals surface area contributed by atoms with E-state index >= 15 is 0 Å². The highest BCUT2D eigenvalue weighted by atomic mass is 79.9. The zero-order valence-corrected chi connectivity index (χ0v) is 14.6. The molecule has 1 aliphatic heterocycles. The largest absolute Gasteiger partial charge is 0.508 e. The minimum atomic E-state index is -1.19. The Morgan fingerprint density at radius 2 is 1.87 bits per heavy atom. The third-order valence-electron chi connectivity index (χ3n) is 4.01. The Morgan fingerprint density at radius 1 is 1.26 bits per heavy atom. The molecule has 0 saturated carbocycles. The highest BCUT2D eigenvalue weighted by Crippen LogP contribution is 2.39. The molecular weight excluding hydrogens is 383 g/mol. The number of rotatable bonds is 2. The highest BCUT2D eigenvalue weighted by Gasteiger charge is 2.51. The van der Waals surface area contributed by atoms with Crippen molar-refractivity contribution in [1.29, 1.82) is 0 Å². The monoisotopic (exact) mass is 396 g/mol. The maximum Gasteiger partial charge on any atom is 0.253 e. The molecule has 1 heterocycles. The number of benzene rings is 2. The maximum atomic E-state index is 13.6. The zero-order valence-electron chi connectivity index (χ0n) is 12.1. The Kier molecular flexibility index (Phi) is 4.12. The molecule has 1 saturated heterocycles. The normalized spacial score (nSPS) is 24.3. The summed E-state index contributed by atoms with van der Waals surface area (Å²) in [4.78, 5) is 14.4. The van der Waals surface area contributed by atoms with Crippen LogP contribution in [0.15, 0.2) is 46.9 Å². The summed E-state index contributed by atoms with van der Waals surface area (Å²) in [6, 6.07) is 10.8. The molecule has 3 rings (SSSR count). The van der Waals surface area contributed by atoms with Crippen molar-refractivity contribution < 1.29 is 14.3 Å². The van der Waals surface area contributed by atoms with Crippen molar-refractivity contribution in [3.8, 4) is 5.75 Å². The van der Waals surface area contributed by atoms with E-state index < -0.39 is 16.9 Å². The molecule has 0 radical (unpaired) electrons. The number of thiol groups is 1. The molecule has 2 unspecified atom stereocenters. The fraction of sp³-hybridized carbons (Fsp3) is 0.188. The minimum absolute atomic E-state index is 0.102. The number of carbonyl (C=O) groups is 1. The molecule has 1 amide bonds. The van der Waals surface area contributed by atoms with Crippen LogP contribution in [0.4, 0.5) is 4.39 Å². The first-order chi connectivity index (χ1) is 10.9. The van der Waals surface area contributed by atoms with Crippen LogP contribution in [0.2, 0.25) is 0 Å². The molecule has 1 fully saturated rings. The molecule has 120 valence electrons. The van der Waals surface area contributed by atoms with Crippen LogP contribution >= 0.6 is 28.6 Å². The summed E-state index contributed by atoms with van der Waals surface area (Å²) in [5.41, 5.74) is -0.447. The van der Waals surface area contributed by atoms with E-state index in [1.807, 2.05) is 0 Å². The average molecular weight is 397 g/mol. The van der Waals surface area contributed by atoms with Gasteiger partial charge in [-0.25, -0.2) is 4.39 Å². The number of phenols is 1. The average Bonchev–Trinajstić information content (AvgIpc) is 2.76. The van der Waals surface area contributed by atoms with Gasteiger partial charge in [-0.15, -0.1) is 12.6 Å². The van der Waals surface area contributed by atoms with E-state index in [0.29, 0.717) is 11.1 Å². The molecule has 23 heavy (non-hydrogen) atoms. The number of nitrogens with one attached hydrogen (secondary N) is 1. The lowest BCUT2D eigenvalue weighted by molar-refractivity contribution is -0.130. The third-order valence-corrected chi connectivity index (χ3v) is 5.09. The number of nitrogens with zero attached hydrogens (tertiary/aromatic N) is 1. The Balaban J connectivity index is 2.24. The van der Waals surface area contributed by atoms with Crippen LogP contribution in [0.25, 0.3) is 0 Å². The van der Waals surface area contributed by atoms with Crippen LogP contribution in [-0.4, -0.2) is 28.5 Å². The highest BCUT2D eigenvalue weighted by molar-refractivity contribution is 9.10. The summed E-state index contributed by atoms with van der Waals surface area (Å²) in [7, 11) is 1.65. The van der Waals surface area contributed by atoms with Crippen molar-refractivity contribution in [2.24, 2.45) is 0 Å². The lowest BCUT2D eigenvalue weighted by atomic mass is 9.82. The number of carbonyl (C=O) groups excluding carboxylic acids is 1. The van der Waals surface area contributed by atoms with Crippen molar-refractivity contribution in [2.75, 3.05) is 7.05 Å². The van der Waals surface area contributed by atoms with Gasteiger partial charge in [0.1, 0.15) is 17.1 Å². The Labute approximate surface area is 146 Å². The summed E-state index contributed by atoms with van der Waals surface area (Å²) in [6.07, 6.45) is 0. The van der Waals surface area contributed by atoms with Crippen molar-refractivity contribution in [3.05, 3.63) is 63.9 Å². The van der Waals surface area contributed by atoms with Crippen LogP contribution in [-0.2, 0) is 10.3 Å². The fourth-order valence-corrected chi connectivity index (χ4v) is 3.43. The first-order valence-corrected chi connectivity index (χ1v) is 8.15. The van der Waals surface area contributed by atoms with Crippen molar-refractivity contribution in [2.45, 2.75) is 11.0 Å². The van der Waals surface area contributed by atoms with E-state index in [4.69, 9.17) is 0 Å². The Hall–Kier alpha value is -1.57. The van der Waals surface area contributed by atoms with Gasteiger partial charge in [0.25, 0.3) is 5.91 Å². The summed E-state index contributed by atoms with van der Waals surface area (Å²) in [5.74, 6) is -0.511. The Morgan fingerprint density at radius 3 is 2.39 bits per heavy atom. The number of hydrogen-bond acceptors (Lipinski definition) is 4. The maximum absolute atomic E-state index is 13.6. The molecule has 0 aromatic heterocycles. The van der Waals surface area contributed by atoms with E-state index in [0.717, 1.165) is 0 Å². The molecular formula is C16H14BrFN2O2S. The number of likely N-dealkylation sites (N-methyl/N-ethyl adjacent to an activating group) is 1. The van der Waals surface area contributed by atoms with Crippen LogP contribution in [0.1, 0.15) is 11.1 Å². The number of hydrogen-bond donors (Lipinski definition) is 3. The van der Waals surface area contributed by atoms with Gasteiger partial charge in [-0.05, 0) is 51.3 Å². The van der Waals surface area contributed by atoms with Gasteiger partial charge in [0.2, 0.25) is 0 Å². The van der Waals surface area contributed by atoms with E-state index in [-0.39, 0.29) is 16.1 Å². The molecule has 4 nitrogen and oxygen atoms in total. The second-order valence-electron chi connectivity index (χ2n) is 5.36. The fourth-order valence-electron chi connectivity index (χ4n) is 2.75. The summed E-state index contributed by atoms with van der Waals surface area (Å²) < 4.78 is 13.9. The van der Waals surface area contributed by atoms with E-state index in [2.05, 4.69) is 33.9 Å². The van der Waals surface area contributed by atoms with Gasteiger partial charge < -0.3 is 10.0 Å². The van der Waals surface area contributed by atoms with E-state index in [1.165, 1.54) is 23.1 Å². The van der Waals surface area contributed by atoms with Crippen molar-refractivity contribution >= 4 is 34.5 Å². The molecule has 0 bridgehead atoms. The van der Waals surface area contributed by atoms with Gasteiger partial charge in [-0.1, -0.05) is 18.2 Å². The van der Waals surface area contributed by atoms with Gasteiger partial charge in [0.05, 0.1) is 4.47 Å². The molecule has 2 aromatic carbocycles. The predicted molar refractivity (Wildman–Crippen MR) is 91.7 cm³/mol. The zero-order chi connectivity index (χ0) is 16.8. The number of aromatic hydroxyl groups is 1. The molecule has 1 aliphatic rings. The summed E-state index contributed by atoms with van der Waals surface area (Å²) in [6.45, 7) is 0. The topological polar surface area (TPSA) is 52.6 Å².